The van der Waals surface area contributed by atoms with E-state index in [1.807, 2.05) is 59.2 Å². The van der Waals surface area contributed by atoms with Gasteiger partial charge in [0, 0.05) is 68.8 Å². The van der Waals surface area contributed by atoms with Gasteiger partial charge in [0.05, 0.1) is 18.0 Å². The van der Waals surface area contributed by atoms with Gasteiger partial charge in [-0.3, -0.25) is 9.89 Å². The number of nitrogens with zero attached hydrogens (tertiary/aromatic N) is 5. The molecule has 2 aromatic carbocycles. The number of aromatic amines is 1. The average Bonchev–Trinajstić information content (AvgIpc) is 3.55. The van der Waals surface area contributed by atoms with Crippen LogP contribution >= 0.6 is 0 Å². The lowest BCUT2D eigenvalue weighted by molar-refractivity contribution is -0.143. The molecule has 3 fully saturated rings. The highest BCUT2D eigenvalue weighted by atomic mass is 32.2. The minimum atomic E-state index is -3.18. The molecular formula is C37H49N7O6S. The lowest BCUT2D eigenvalue weighted by Crippen LogP contribution is -2.52. The molecule has 2 N–H and O–H groups in total. The monoisotopic (exact) mass is 719 g/mol. The second-order valence-electron chi connectivity index (χ2n) is 14.7. The van der Waals surface area contributed by atoms with Gasteiger partial charge in [-0.2, -0.15) is 5.10 Å². The quantitative estimate of drug-likeness (QED) is 0.362. The number of likely N-dealkylation sites (tertiary alicyclic amines) is 2. The fraction of sp³-hybridized carbons (Fsp3) is 0.568. The molecule has 4 aliphatic heterocycles. The molecule has 274 valence electrons. The zero-order chi connectivity index (χ0) is 35.7. The van der Waals surface area contributed by atoms with Crippen molar-refractivity contribution in [1.29, 1.82) is 0 Å². The molecule has 4 amide bonds. The second kappa shape index (κ2) is 14.8. The fourth-order valence-corrected chi connectivity index (χ4v) is 9.39. The molecule has 0 spiro atoms. The van der Waals surface area contributed by atoms with E-state index in [1.54, 1.807) is 15.4 Å². The van der Waals surface area contributed by atoms with Crippen molar-refractivity contribution in [2.24, 2.45) is 11.8 Å². The maximum Gasteiger partial charge on any atom is 0.410 e. The van der Waals surface area contributed by atoms with Gasteiger partial charge in [-0.1, -0.05) is 31.2 Å². The lowest BCUT2D eigenvalue weighted by atomic mass is 9.79. The summed E-state index contributed by atoms with van der Waals surface area (Å²) >= 11 is 0. The predicted molar refractivity (Wildman–Crippen MR) is 194 cm³/mol. The second-order valence-corrected chi connectivity index (χ2v) is 16.7. The number of aromatic nitrogens is 2. The first-order chi connectivity index (χ1) is 24.5. The molecule has 0 saturated carbocycles. The van der Waals surface area contributed by atoms with Crippen LogP contribution in [0.3, 0.4) is 0 Å². The van der Waals surface area contributed by atoms with Crippen LogP contribution in [0.1, 0.15) is 62.5 Å². The molecule has 0 radical (unpaired) electrons. The molecule has 14 heteroatoms. The highest BCUT2D eigenvalue weighted by molar-refractivity contribution is 7.88. The number of hydrogen-bond donors (Lipinski definition) is 2. The van der Waals surface area contributed by atoms with E-state index >= 15 is 0 Å². The van der Waals surface area contributed by atoms with Crippen LogP contribution in [0.2, 0.25) is 0 Å². The number of hydrogen-bond acceptors (Lipinski definition) is 7. The van der Waals surface area contributed by atoms with E-state index in [-0.39, 0.29) is 18.0 Å². The minimum Gasteiger partial charge on any atom is -0.435 e. The van der Waals surface area contributed by atoms with Gasteiger partial charge in [-0.15, -0.1) is 0 Å². The Balaban J connectivity index is 0.994. The number of H-pyrrole nitrogens is 1. The molecule has 3 aromatic rings. The Morgan fingerprint density at radius 2 is 1.55 bits per heavy atom. The van der Waals surface area contributed by atoms with Crippen LogP contribution in [0.15, 0.2) is 48.7 Å². The van der Waals surface area contributed by atoms with Gasteiger partial charge in [0.2, 0.25) is 10.0 Å². The third kappa shape index (κ3) is 7.71. The van der Waals surface area contributed by atoms with Gasteiger partial charge in [0.1, 0.15) is 0 Å². The number of benzene rings is 2. The smallest absolute Gasteiger partial charge is 0.410 e. The van der Waals surface area contributed by atoms with Crippen LogP contribution in [-0.2, 0) is 26.0 Å². The number of nitrogens with one attached hydrogen (secondary N) is 2. The summed E-state index contributed by atoms with van der Waals surface area (Å²) in [5, 5.41) is 11.1. The predicted octanol–water partition coefficient (Wildman–Crippen LogP) is 4.64. The van der Waals surface area contributed by atoms with Gasteiger partial charge >= 0.3 is 12.1 Å². The maximum atomic E-state index is 14.3. The Bertz CT molecular complexity index is 1840. The first-order valence-electron chi connectivity index (χ1n) is 18.3. The van der Waals surface area contributed by atoms with Gasteiger partial charge in [0.25, 0.3) is 5.91 Å². The van der Waals surface area contributed by atoms with Crippen molar-refractivity contribution in [1.82, 2.24) is 29.2 Å². The number of sulfonamides is 1. The van der Waals surface area contributed by atoms with Crippen molar-refractivity contribution in [2.45, 2.75) is 69.9 Å². The van der Waals surface area contributed by atoms with Crippen LogP contribution in [-0.4, -0.2) is 120 Å². The SMILES string of the molecule is C[C@H](c1ccc2[nH]ncc2c1)C(OC(=O)N1CCC(N2CCc3ccccc3NC2=O)CC1)C(=O)N1CCC(C2CCN(S(C)(=O)=O)CC2)CC1. The summed E-state index contributed by atoms with van der Waals surface area (Å²) in [6, 6.07) is 13.6. The lowest BCUT2D eigenvalue weighted by Gasteiger charge is -2.41. The molecule has 2 atom stereocenters. The van der Waals surface area contributed by atoms with Crippen LogP contribution in [0, 0.1) is 11.8 Å². The zero-order valence-corrected chi connectivity index (χ0v) is 30.3. The summed E-state index contributed by atoms with van der Waals surface area (Å²) in [6.45, 7) is 5.66. The number of rotatable bonds is 7. The molecule has 1 unspecified atom stereocenters. The number of amides is 4. The van der Waals surface area contributed by atoms with Crippen LogP contribution < -0.4 is 5.32 Å². The number of urea groups is 1. The Labute approximate surface area is 299 Å². The van der Waals surface area contributed by atoms with E-state index < -0.39 is 28.1 Å². The van der Waals surface area contributed by atoms with E-state index in [1.165, 1.54) is 6.26 Å². The van der Waals surface area contributed by atoms with Gasteiger partial charge in [0.15, 0.2) is 6.10 Å². The third-order valence-corrected chi connectivity index (χ3v) is 13.0. The van der Waals surface area contributed by atoms with E-state index in [0.717, 1.165) is 59.8 Å². The van der Waals surface area contributed by atoms with Crippen LogP contribution in [0.5, 0.6) is 0 Å². The van der Waals surface area contributed by atoms with Crippen molar-refractivity contribution >= 4 is 44.6 Å². The number of ether oxygens (including phenoxy) is 1. The molecule has 7 rings (SSSR count). The Hall–Kier alpha value is -4.17. The van der Waals surface area contributed by atoms with E-state index in [2.05, 4.69) is 15.5 Å². The fourth-order valence-electron chi connectivity index (χ4n) is 8.52. The summed E-state index contributed by atoms with van der Waals surface area (Å²) in [4.78, 5) is 46.6. The highest BCUT2D eigenvalue weighted by Gasteiger charge is 2.39. The zero-order valence-electron chi connectivity index (χ0n) is 29.5. The summed E-state index contributed by atoms with van der Waals surface area (Å²) < 4.78 is 31.7. The van der Waals surface area contributed by atoms with Gasteiger partial charge in [-0.05, 0) is 86.1 Å². The molecule has 4 aliphatic rings. The minimum absolute atomic E-state index is 0.00121. The number of carbonyl (C=O) groups excluding carboxylic acids is 3. The number of anilines is 1. The van der Waals surface area contributed by atoms with Gasteiger partial charge < -0.3 is 24.8 Å². The molecular weight excluding hydrogens is 671 g/mol. The summed E-state index contributed by atoms with van der Waals surface area (Å²) in [6.07, 6.45) is 6.87. The molecule has 13 nitrogen and oxygen atoms in total. The van der Waals surface area contributed by atoms with E-state index in [4.69, 9.17) is 4.74 Å². The van der Waals surface area contributed by atoms with Crippen molar-refractivity contribution < 1.29 is 27.5 Å². The maximum absolute atomic E-state index is 14.3. The van der Waals surface area contributed by atoms with Crippen molar-refractivity contribution in [3.05, 3.63) is 59.8 Å². The number of para-hydroxylation sites is 1. The first-order valence-corrected chi connectivity index (χ1v) is 20.2. The summed E-state index contributed by atoms with van der Waals surface area (Å²) in [7, 11) is -3.18. The first kappa shape index (κ1) is 35.2. The normalized spacial score (nSPS) is 21.5. The van der Waals surface area contributed by atoms with Crippen molar-refractivity contribution in [3.8, 4) is 0 Å². The standard InChI is InChI=1S/C37H49N7O6S/c1-25(29-7-8-33-30(23-29)24-38-40-33)34(35(45)41-16-9-26(10-17-41)27-11-20-43(21-12-27)51(2,48)49)50-37(47)42-18-14-31(15-19-42)44-22-13-28-5-3-4-6-32(28)39-36(44)46/h3-8,23-27,31,34H,9-22H2,1-2H3,(H,38,40)(H,39,46)/t25-,34?/m1/s1. The van der Waals surface area contributed by atoms with Crippen LogP contribution in [0.25, 0.3) is 10.9 Å². The summed E-state index contributed by atoms with van der Waals surface area (Å²) in [5.41, 5.74) is 3.74. The highest BCUT2D eigenvalue weighted by Crippen LogP contribution is 2.35. The van der Waals surface area contributed by atoms with E-state index in [9.17, 15) is 22.8 Å². The third-order valence-electron chi connectivity index (χ3n) is 11.7. The van der Waals surface area contributed by atoms with Crippen molar-refractivity contribution in [2.75, 3.05) is 57.4 Å². The molecule has 51 heavy (non-hydrogen) atoms. The summed E-state index contributed by atoms with van der Waals surface area (Å²) in [5.74, 6) is 0.274. The molecule has 3 saturated heterocycles. The molecule has 1 aromatic heterocycles. The number of carbonyl (C=O) groups is 3. The van der Waals surface area contributed by atoms with Crippen molar-refractivity contribution in [3.63, 3.8) is 0 Å². The Morgan fingerprint density at radius 3 is 2.25 bits per heavy atom. The molecule has 0 bridgehead atoms. The number of piperidine rings is 3. The topological polar surface area (TPSA) is 148 Å². The number of fused-ring (bicyclic) bond motifs is 2. The Kier molecular flexibility index (Phi) is 10.2. The van der Waals surface area contributed by atoms with Gasteiger partial charge in [-0.25, -0.2) is 22.3 Å². The molecule has 0 aliphatic carbocycles. The van der Waals surface area contributed by atoms with E-state index in [0.29, 0.717) is 70.5 Å². The molecule has 5 heterocycles. The largest absolute Gasteiger partial charge is 0.435 e. The Morgan fingerprint density at radius 1 is 0.882 bits per heavy atom. The van der Waals surface area contributed by atoms with Crippen LogP contribution in [0.4, 0.5) is 15.3 Å². The average molecular weight is 720 g/mol.